The van der Waals surface area contributed by atoms with Crippen LogP contribution in [0.4, 0.5) is 9.18 Å². The van der Waals surface area contributed by atoms with Gasteiger partial charge in [-0.25, -0.2) is 9.18 Å². The van der Waals surface area contributed by atoms with E-state index in [1.165, 1.54) is 12.1 Å². The van der Waals surface area contributed by atoms with Gasteiger partial charge in [-0.15, -0.1) is 0 Å². The number of hydrogen-bond acceptors (Lipinski definition) is 3. The van der Waals surface area contributed by atoms with E-state index in [-0.39, 0.29) is 24.4 Å². The van der Waals surface area contributed by atoms with Gasteiger partial charge in [0.1, 0.15) is 5.82 Å². The molecule has 1 aliphatic rings. The molecule has 6 nitrogen and oxygen atoms in total. The van der Waals surface area contributed by atoms with Gasteiger partial charge < -0.3 is 15.3 Å². The van der Waals surface area contributed by atoms with Crippen LogP contribution in [0.3, 0.4) is 0 Å². The van der Waals surface area contributed by atoms with Crippen LogP contribution >= 0.6 is 0 Å². The number of aryl methyl sites for hydroxylation is 1. The van der Waals surface area contributed by atoms with Crippen molar-refractivity contribution < 1.29 is 14.3 Å². The first-order valence-corrected chi connectivity index (χ1v) is 7.98. The summed E-state index contributed by atoms with van der Waals surface area (Å²) in [5.41, 5.74) is 1.52. The summed E-state index contributed by atoms with van der Waals surface area (Å²) in [6, 6.07) is 5.65. The van der Waals surface area contributed by atoms with Crippen LogP contribution in [-0.2, 0) is 13.6 Å². The number of carbonyl (C=O) groups is 1. The maximum absolute atomic E-state index is 13.0. The Morgan fingerprint density at radius 3 is 2.75 bits per heavy atom. The van der Waals surface area contributed by atoms with Gasteiger partial charge in [0.15, 0.2) is 0 Å². The molecule has 1 saturated carbocycles. The predicted octanol–water partition coefficient (Wildman–Crippen LogP) is 1.97. The molecule has 128 valence electrons. The zero-order chi connectivity index (χ0) is 17.1. The van der Waals surface area contributed by atoms with Gasteiger partial charge in [-0.3, -0.25) is 4.68 Å². The number of urea groups is 1. The molecule has 7 heteroatoms. The zero-order valence-electron chi connectivity index (χ0n) is 13.5. The lowest BCUT2D eigenvalue weighted by atomic mass is 10.1. The van der Waals surface area contributed by atoms with Crippen molar-refractivity contribution in [3.05, 3.63) is 53.6 Å². The number of benzene rings is 1. The van der Waals surface area contributed by atoms with Crippen LogP contribution < -0.4 is 5.32 Å². The Bertz CT molecular complexity index is 697. The molecule has 2 N–H and O–H groups in total. The van der Waals surface area contributed by atoms with E-state index in [1.807, 2.05) is 13.2 Å². The third kappa shape index (κ3) is 4.11. The first kappa shape index (κ1) is 16.4. The maximum Gasteiger partial charge on any atom is 0.318 e. The lowest BCUT2D eigenvalue weighted by Gasteiger charge is -2.25. The Morgan fingerprint density at radius 2 is 2.17 bits per heavy atom. The van der Waals surface area contributed by atoms with E-state index < -0.39 is 6.10 Å². The van der Waals surface area contributed by atoms with Crippen molar-refractivity contribution in [1.29, 1.82) is 0 Å². The van der Waals surface area contributed by atoms with Crippen molar-refractivity contribution in [2.45, 2.75) is 31.5 Å². The Hall–Kier alpha value is -2.41. The SMILES string of the molecule is Cn1cc(CNC(=O)N(CC(O)c2ccc(F)cc2)C2CC2)cn1. The smallest absolute Gasteiger partial charge is 0.318 e. The summed E-state index contributed by atoms with van der Waals surface area (Å²) in [5, 5.41) is 17.3. The van der Waals surface area contributed by atoms with Gasteiger partial charge in [0.2, 0.25) is 0 Å². The van der Waals surface area contributed by atoms with Crippen molar-refractivity contribution in [2.24, 2.45) is 7.05 Å². The van der Waals surface area contributed by atoms with E-state index in [1.54, 1.807) is 27.9 Å². The van der Waals surface area contributed by atoms with Crippen LogP contribution in [-0.4, -0.2) is 38.4 Å². The summed E-state index contributed by atoms with van der Waals surface area (Å²) < 4.78 is 14.7. The molecule has 0 spiro atoms. The molecule has 0 aliphatic heterocycles. The molecule has 1 atom stereocenters. The van der Waals surface area contributed by atoms with Gasteiger partial charge >= 0.3 is 6.03 Å². The number of rotatable bonds is 6. The van der Waals surface area contributed by atoms with E-state index in [9.17, 15) is 14.3 Å². The highest BCUT2D eigenvalue weighted by atomic mass is 19.1. The normalized spacial score (nSPS) is 15.1. The van der Waals surface area contributed by atoms with Gasteiger partial charge in [0, 0.05) is 31.4 Å². The fraction of sp³-hybridized carbons (Fsp3) is 0.412. The van der Waals surface area contributed by atoms with Crippen molar-refractivity contribution in [1.82, 2.24) is 20.0 Å². The molecule has 1 fully saturated rings. The maximum atomic E-state index is 13.0. The van der Waals surface area contributed by atoms with Crippen molar-refractivity contribution in [3.8, 4) is 0 Å². The monoisotopic (exact) mass is 332 g/mol. The van der Waals surface area contributed by atoms with Gasteiger partial charge in [-0.2, -0.15) is 5.10 Å². The van der Waals surface area contributed by atoms with E-state index in [0.29, 0.717) is 12.1 Å². The molecular weight excluding hydrogens is 311 g/mol. The Kier molecular flexibility index (Phi) is 4.80. The van der Waals surface area contributed by atoms with Gasteiger partial charge in [-0.1, -0.05) is 12.1 Å². The molecule has 24 heavy (non-hydrogen) atoms. The number of aromatic nitrogens is 2. The molecule has 1 aromatic heterocycles. The fourth-order valence-corrected chi connectivity index (χ4v) is 2.60. The minimum atomic E-state index is -0.838. The molecule has 2 amide bonds. The number of aliphatic hydroxyl groups excluding tert-OH is 1. The highest BCUT2D eigenvalue weighted by molar-refractivity contribution is 5.75. The predicted molar refractivity (Wildman–Crippen MR) is 86.5 cm³/mol. The number of carbonyl (C=O) groups excluding carboxylic acids is 1. The second-order valence-electron chi connectivity index (χ2n) is 6.13. The fourth-order valence-electron chi connectivity index (χ4n) is 2.60. The van der Waals surface area contributed by atoms with Crippen LogP contribution in [0.25, 0.3) is 0 Å². The van der Waals surface area contributed by atoms with Crippen LogP contribution in [0, 0.1) is 5.82 Å². The van der Waals surface area contributed by atoms with E-state index >= 15 is 0 Å². The minimum Gasteiger partial charge on any atom is -0.387 e. The summed E-state index contributed by atoms with van der Waals surface area (Å²) in [6.07, 6.45) is 4.59. The quantitative estimate of drug-likeness (QED) is 0.850. The van der Waals surface area contributed by atoms with Crippen molar-refractivity contribution in [2.75, 3.05) is 6.54 Å². The van der Waals surface area contributed by atoms with Crippen molar-refractivity contribution in [3.63, 3.8) is 0 Å². The first-order valence-electron chi connectivity index (χ1n) is 7.98. The molecule has 3 rings (SSSR count). The number of amides is 2. The summed E-state index contributed by atoms with van der Waals surface area (Å²) in [4.78, 5) is 14.1. The highest BCUT2D eigenvalue weighted by Gasteiger charge is 2.34. The average molecular weight is 332 g/mol. The van der Waals surface area contributed by atoms with Crippen LogP contribution in [0.1, 0.15) is 30.1 Å². The average Bonchev–Trinajstić information content (AvgIpc) is 3.32. The summed E-state index contributed by atoms with van der Waals surface area (Å²) in [6.45, 7) is 0.581. The van der Waals surface area contributed by atoms with Gasteiger partial charge in [0.05, 0.1) is 18.8 Å². The standard InChI is InChI=1S/C17H21FN4O2/c1-21-10-12(9-20-21)8-19-17(24)22(15-6-7-15)11-16(23)13-2-4-14(18)5-3-13/h2-5,9-10,15-16,23H,6-8,11H2,1H3,(H,19,24). The Labute approximate surface area is 139 Å². The minimum absolute atomic E-state index is 0.161. The lowest BCUT2D eigenvalue weighted by Crippen LogP contribution is -2.43. The third-order valence-corrected chi connectivity index (χ3v) is 4.08. The Balaban J connectivity index is 1.59. The molecule has 2 aromatic rings. The summed E-state index contributed by atoms with van der Waals surface area (Å²) in [5.74, 6) is -0.348. The molecule has 1 aliphatic carbocycles. The van der Waals surface area contributed by atoms with E-state index in [4.69, 9.17) is 0 Å². The van der Waals surface area contributed by atoms with Crippen LogP contribution in [0.15, 0.2) is 36.7 Å². The van der Waals surface area contributed by atoms with E-state index in [0.717, 1.165) is 18.4 Å². The summed E-state index contributed by atoms with van der Waals surface area (Å²) >= 11 is 0. The van der Waals surface area contributed by atoms with Gasteiger partial charge in [-0.05, 0) is 30.5 Å². The molecule has 0 saturated heterocycles. The van der Waals surface area contributed by atoms with E-state index in [2.05, 4.69) is 10.4 Å². The molecule has 1 heterocycles. The molecule has 1 unspecified atom stereocenters. The number of nitrogens with zero attached hydrogens (tertiary/aromatic N) is 3. The topological polar surface area (TPSA) is 70.4 Å². The Morgan fingerprint density at radius 1 is 1.46 bits per heavy atom. The molecular formula is C17H21FN4O2. The molecule has 1 aromatic carbocycles. The van der Waals surface area contributed by atoms with Crippen molar-refractivity contribution >= 4 is 6.03 Å². The largest absolute Gasteiger partial charge is 0.387 e. The highest BCUT2D eigenvalue weighted by Crippen LogP contribution is 2.29. The number of nitrogens with one attached hydrogen (secondary N) is 1. The van der Waals surface area contributed by atoms with Crippen LogP contribution in [0.5, 0.6) is 0 Å². The number of halogens is 1. The third-order valence-electron chi connectivity index (χ3n) is 4.08. The molecule has 0 bridgehead atoms. The summed E-state index contributed by atoms with van der Waals surface area (Å²) in [7, 11) is 1.82. The zero-order valence-corrected chi connectivity index (χ0v) is 13.5. The first-order chi connectivity index (χ1) is 11.5. The van der Waals surface area contributed by atoms with Gasteiger partial charge in [0.25, 0.3) is 0 Å². The second-order valence-corrected chi connectivity index (χ2v) is 6.13. The second kappa shape index (κ2) is 7.00. The number of hydrogen-bond donors (Lipinski definition) is 2. The molecule has 0 radical (unpaired) electrons. The number of aliphatic hydroxyl groups is 1. The lowest BCUT2D eigenvalue weighted by molar-refractivity contribution is 0.117. The van der Waals surface area contributed by atoms with Crippen LogP contribution in [0.2, 0.25) is 0 Å².